The van der Waals surface area contributed by atoms with E-state index in [9.17, 15) is 4.79 Å². The lowest BCUT2D eigenvalue weighted by Gasteiger charge is -2.17. The van der Waals surface area contributed by atoms with Crippen LogP contribution in [0.3, 0.4) is 0 Å². The molecule has 32 heavy (non-hydrogen) atoms. The summed E-state index contributed by atoms with van der Waals surface area (Å²) < 4.78 is 1.77. The maximum absolute atomic E-state index is 12.9. The van der Waals surface area contributed by atoms with E-state index in [1.165, 1.54) is 25.7 Å². The Balaban J connectivity index is 1.30. The van der Waals surface area contributed by atoms with Crippen molar-refractivity contribution in [1.29, 1.82) is 0 Å². The van der Waals surface area contributed by atoms with E-state index in [1.54, 1.807) is 10.8 Å². The van der Waals surface area contributed by atoms with E-state index in [4.69, 9.17) is 11.6 Å². The average Bonchev–Trinajstić information content (AvgIpc) is 2.99. The second kappa shape index (κ2) is 10.9. The summed E-state index contributed by atoms with van der Waals surface area (Å²) in [6.07, 6.45) is 7.81. The van der Waals surface area contributed by atoms with E-state index >= 15 is 0 Å². The van der Waals surface area contributed by atoms with Gasteiger partial charge in [0.15, 0.2) is 5.82 Å². The molecule has 4 N–H and O–H groups in total. The molecule has 9 heteroatoms. The van der Waals surface area contributed by atoms with Crippen LogP contribution in [0.1, 0.15) is 43.5 Å². The van der Waals surface area contributed by atoms with Crippen LogP contribution in [0, 0.1) is 6.92 Å². The average molecular weight is 458 g/mol. The molecule has 0 spiro atoms. The second-order valence-corrected chi connectivity index (χ2v) is 8.90. The SMILES string of the molecule is Cc1cnc(NCCC2CCCCCN2)c(=O)n1CCNCc1[nH]nc2ccc(Cl)cc12. The summed E-state index contributed by atoms with van der Waals surface area (Å²) in [7, 11) is 0. The van der Waals surface area contributed by atoms with Gasteiger partial charge in [0.05, 0.1) is 11.2 Å². The molecule has 1 aromatic carbocycles. The monoisotopic (exact) mass is 457 g/mol. The third-order valence-electron chi connectivity index (χ3n) is 6.11. The van der Waals surface area contributed by atoms with Crippen molar-refractivity contribution >= 4 is 28.3 Å². The van der Waals surface area contributed by atoms with Crippen molar-refractivity contribution in [1.82, 2.24) is 30.4 Å². The van der Waals surface area contributed by atoms with Gasteiger partial charge in [0.25, 0.3) is 5.56 Å². The Hall–Kier alpha value is -2.42. The Morgan fingerprint density at radius 3 is 3.06 bits per heavy atom. The van der Waals surface area contributed by atoms with E-state index in [1.807, 2.05) is 25.1 Å². The van der Waals surface area contributed by atoms with Gasteiger partial charge in [-0.05, 0) is 50.9 Å². The van der Waals surface area contributed by atoms with Crippen LogP contribution in [-0.2, 0) is 13.1 Å². The summed E-state index contributed by atoms with van der Waals surface area (Å²) >= 11 is 6.11. The molecule has 0 amide bonds. The zero-order valence-electron chi connectivity index (χ0n) is 18.6. The number of anilines is 1. The van der Waals surface area contributed by atoms with Gasteiger partial charge in [0.1, 0.15) is 0 Å². The first-order chi connectivity index (χ1) is 15.6. The van der Waals surface area contributed by atoms with Crippen LogP contribution >= 0.6 is 11.6 Å². The van der Waals surface area contributed by atoms with Crippen molar-refractivity contribution in [2.45, 2.75) is 58.2 Å². The topological polar surface area (TPSA) is 99.7 Å². The van der Waals surface area contributed by atoms with Crippen LogP contribution in [-0.4, -0.2) is 45.4 Å². The highest BCUT2D eigenvalue weighted by atomic mass is 35.5. The van der Waals surface area contributed by atoms with E-state index in [0.29, 0.717) is 36.5 Å². The molecule has 1 atom stereocenters. The van der Waals surface area contributed by atoms with E-state index in [0.717, 1.165) is 41.8 Å². The first-order valence-electron chi connectivity index (χ1n) is 11.5. The van der Waals surface area contributed by atoms with Gasteiger partial charge in [-0.2, -0.15) is 5.10 Å². The highest BCUT2D eigenvalue weighted by Gasteiger charge is 2.13. The highest BCUT2D eigenvalue weighted by molar-refractivity contribution is 6.31. The molecular weight excluding hydrogens is 426 g/mol. The van der Waals surface area contributed by atoms with Crippen LogP contribution in [0.5, 0.6) is 0 Å². The zero-order valence-corrected chi connectivity index (χ0v) is 19.3. The van der Waals surface area contributed by atoms with Crippen molar-refractivity contribution in [2.24, 2.45) is 0 Å². The van der Waals surface area contributed by atoms with Crippen LogP contribution in [0.25, 0.3) is 10.9 Å². The van der Waals surface area contributed by atoms with Crippen LogP contribution in [0.2, 0.25) is 5.02 Å². The lowest BCUT2D eigenvalue weighted by atomic mass is 10.1. The van der Waals surface area contributed by atoms with E-state index in [2.05, 4.69) is 31.1 Å². The Morgan fingerprint density at radius 1 is 1.25 bits per heavy atom. The lowest BCUT2D eigenvalue weighted by Crippen LogP contribution is -2.33. The summed E-state index contributed by atoms with van der Waals surface area (Å²) in [6, 6.07) is 6.17. The normalized spacial score (nSPS) is 16.9. The number of benzene rings is 1. The van der Waals surface area contributed by atoms with Crippen molar-refractivity contribution in [2.75, 3.05) is 25.0 Å². The Bertz CT molecular complexity index is 1090. The fourth-order valence-corrected chi connectivity index (χ4v) is 4.43. The van der Waals surface area contributed by atoms with Crippen molar-refractivity contribution < 1.29 is 0 Å². The molecule has 3 heterocycles. The number of nitrogens with zero attached hydrogens (tertiary/aromatic N) is 3. The van der Waals surface area contributed by atoms with Gasteiger partial charge in [0.2, 0.25) is 0 Å². The van der Waals surface area contributed by atoms with E-state index in [-0.39, 0.29) is 5.56 Å². The van der Waals surface area contributed by atoms with Crippen molar-refractivity contribution in [3.05, 3.63) is 51.2 Å². The molecule has 0 aliphatic carbocycles. The standard InChI is InChI=1S/C23H32ClN7O/c1-16-14-28-22(27-10-8-18-5-3-2-4-9-26-18)23(32)31(16)12-11-25-15-21-19-13-17(24)6-7-20(19)29-30-21/h6-7,13-14,18,25-26H,2-5,8-12,15H2,1H3,(H,27,28)(H,29,30). The number of nitrogens with one attached hydrogen (secondary N) is 4. The molecule has 4 rings (SSSR count). The maximum atomic E-state index is 12.9. The van der Waals surface area contributed by atoms with Gasteiger partial charge in [0, 0.05) is 54.5 Å². The lowest BCUT2D eigenvalue weighted by molar-refractivity contribution is 0.488. The molecule has 1 fully saturated rings. The molecule has 172 valence electrons. The van der Waals surface area contributed by atoms with Gasteiger partial charge in [-0.25, -0.2) is 4.98 Å². The minimum Gasteiger partial charge on any atom is -0.365 e. The molecular formula is C23H32ClN7O. The van der Waals surface area contributed by atoms with Crippen LogP contribution in [0.4, 0.5) is 5.82 Å². The first-order valence-corrected chi connectivity index (χ1v) is 11.9. The number of hydrogen-bond donors (Lipinski definition) is 4. The third kappa shape index (κ3) is 5.68. The number of halogens is 1. The molecule has 0 bridgehead atoms. The summed E-state index contributed by atoms with van der Waals surface area (Å²) in [5.41, 5.74) is 2.66. The number of aromatic amines is 1. The third-order valence-corrected chi connectivity index (χ3v) is 6.35. The largest absolute Gasteiger partial charge is 0.365 e. The number of fused-ring (bicyclic) bond motifs is 1. The van der Waals surface area contributed by atoms with Crippen LogP contribution < -0.4 is 21.5 Å². The summed E-state index contributed by atoms with van der Waals surface area (Å²) in [5.74, 6) is 0.429. The fraction of sp³-hybridized carbons (Fsp3) is 0.522. The van der Waals surface area contributed by atoms with Gasteiger partial charge in [-0.15, -0.1) is 0 Å². The predicted octanol–water partition coefficient (Wildman–Crippen LogP) is 3.21. The van der Waals surface area contributed by atoms with Crippen molar-refractivity contribution in [3.8, 4) is 0 Å². The molecule has 1 saturated heterocycles. The molecule has 0 radical (unpaired) electrons. The minimum absolute atomic E-state index is 0.0700. The molecule has 0 saturated carbocycles. The Labute approximate surface area is 193 Å². The highest BCUT2D eigenvalue weighted by Crippen LogP contribution is 2.20. The van der Waals surface area contributed by atoms with Gasteiger partial charge in [-0.3, -0.25) is 9.89 Å². The van der Waals surface area contributed by atoms with E-state index < -0.39 is 0 Å². The Morgan fingerprint density at radius 2 is 2.16 bits per heavy atom. The number of H-pyrrole nitrogens is 1. The minimum atomic E-state index is -0.0700. The second-order valence-electron chi connectivity index (χ2n) is 8.46. The maximum Gasteiger partial charge on any atom is 0.293 e. The van der Waals surface area contributed by atoms with Gasteiger partial charge < -0.3 is 20.5 Å². The zero-order chi connectivity index (χ0) is 22.3. The number of hydrogen-bond acceptors (Lipinski definition) is 6. The number of aryl methyl sites for hydroxylation is 1. The molecule has 1 unspecified atom stereocenters. The number of aromatic nitrogens is 4. The predicted molar refractivity (Wildman–Crippen MR) is 129 cm³/mol. The molecule has 1 aliphatic rings. The molecule has 8 nitrogen and oxygen atoms in total. The summed E-state index contributed by atoms with van der Waals surface area (Å²) in [6.45, 7) is 5.59. The van der Waals surface area contributed by atoms with Crippen LogP contribution in [0.15, 0.2) is 29.2 Å². The van der Waals surface area contributed by atoms with Gasteiger partial charge >= 0.3 is 0 Å². The van der Waals surface area contributed by atoms with Gasteiger partial charge in [-0.1, -0.05) is 24.4 Å². The fourth-order valence-electron chi connectivity index (χ4n) is 4.26. The quantitative estimate of drug-likeness (QED) is 0.368. The smallest absolute Gasteiger partial charge is 0.293 e. The molecule has 1 aliphatic heterocycles. The van der Waals surface area contributed by atoms with Crippen molar-refractivity contribution in [3.63, 3.8) is 0 Å². The Kier molecular flexibility index (Phi) is 7.78. The number of rotatable bonds is 9. The molecule has 2 aromatic heterocycles. The summed E-state index contributed by atoms with van der Waals surface area (Å²) in [4.78, 5) is 17.3. The first kappa shape index (κ1) is 22.8. The molecule has 3 aromatic rings. The summed E-state index contributed by atoms with van der Waals surface area (Å²) in [5, 5.41) is 19.3.